The Balaban J connectivity index is 0.904. The monoisotopic (exact) mass is 1240 g/mol. The molecular formula is C90H65BN6. The quantitative estimate of drug-likeness (QED) is 0.127. The molecule has 0 unspecified atom stereocenters. The first-order chi connectivity index (χ1) is 47.8. The fourth-order valence-corrected chi connectivity index (χ4v) is 16.4. The molecule has 0 saturated carbocycles. The van der Waals surface area contributed by atoms with Crippen molar-refractivity contribution < 1.29 is 0 Å². The summed E-state index contributed by atoms with van der Waals surface area (Å²) in [4.78, 5) is 9.97. The van der Waals surface area contributed by atoms with Gasteiger partial charge < -0.3 is 28.7 Å². The molecule has 15 aromatic carbocycles. The Morgan fingerprint density at radius 3 is 0.928 bits per heavy atom. The number of fused-ring (bicyclic) bond motifs is 12. The van der Waals surface area contributed by atoms with Crippen LogP contribution >= 0.6 is 0 Å². The molecule has 97 heavy (non-hydrogen) atoms. The van der Waals surface area contributed by atoms with Gasteiger partial charge in [0.1, 0.15) is 0 Å². The molecule has 0 radical (unpaired) electrons. The maximum atomic E-state index is 2.62. The van der Waals surface area contributed by atoms with Gasteiger partial charge in [-0.3, -0.25) is 0 Å². The van der Waals surface area contributed by atoms with E-state index in [1.54, 1.807) is 0 Å². The Morgan fingerprint density at radius 1 is 0.247 bits per heavy atom. The Hall–Kier alpha value is -12.3. The number of aromatic nitrogens is 2. The lowest BCUT2D eigenvalue weighted by Crippen LogP contribution is -2.61. The van der Waals surface area contributed by atoms with Crippen LogP contribution in [0.4, 0.5) is 68.2 Å². The van der Waals surface area contributed by atoms with E-state index in [9.17, 15) is 0 Å². The van der Waals surface area contributed by atoms with E-state index in [0.717, 1.165) is 67.6 Å². The van der Waals surface area contributed by atoms with Crippen LogP contribution in [0, 0.1) is 27.7 Å². The third-order valence-corrected chi connectivity index (χ3v) is 20.6. The summed E-state index contributed by atoms with van der Waals surface area (Å²) < 4.78 is 5.07. The Labute approximate surface area is 564 Å². The maximum Gasteiger partial charge on any atom is 0.252 e. The third kappa shape index (κ3) is 8.81. The van der Waals surface area contributed by atoms with E-state index in [1.807, 2.05) is 0 Å². The SMILES string of the molecule is Cc1cccc(C)c1N1c2cc3c4cc5ccc(N(c6ccccc6)c6ccccc6)cc5cc4n(-c4ccccc4)c3cc2B2c3cc4c(cc3N(c3c(C)cccc3C)c3cccc1c32)c1cc2ccc(N(c3ccccc3)c3ccccc3)cc2cc1n4-c1ccccc1. The van der Waals surface area contributed by atoms with E-state index in [4.69, 9.17) is 0 Å². The second-order valence-corrected chi connectivity index (χ2v) is 26.3. The highest BCUT2D eigenvalue weighted by atomic mass is 15.2. The first-order valence-electron chi connectivity index (χ1n) is 33.7. The second kappa shape index (κ2) is 22.2. The molecule has 17 aromatic rings. The van der Waals surface area contributed by atoms with Crippen LogP contribution in [0.25, 0.3) is 76.5 Å². The minimum Gasteiger partial charge on any atom is -0.311 e. The smallest absolute Gasteiger partial charge is 0.252 e. The van der Waals surface area contributed by atoms with Crippen LogP contribution < -0.4 is 36.0 Å². The molecular weight excluding hydrogens is 1180 g/mol. The molecule has 458 valence electrons. The minimum absolute atomic E-state index is 0.192. The second-order valence-electron chi connectivity index (χ2n) is 26.3. The van der Waals surface area contributed by atoms with E-state index in [2.05, 4.69) is 378 Å². The van der Waals surface area contributed by atoms with Crippen LogP contribution in [-0.4, -0.2) is 15.8 Å². The van der Waals surface area contributed by atoms with Crippen molar-refractivity contribution in [3.63, 3.8) is 0 Å². The van der Waals surface area contributed by atoms with Gasteiger partial charge >= 0.3 is 0 Å². The van der Waals surface area contributed by atoms with Gasteiger partial charge in [-0.25, -0.2) is 0 Å². The van der Waals surface area contributed by atoms with Gasteiger partial charge in [0, 0.05) is 89.8 Å². The lowest BCUT2D eigenvalue weighted by atomic mass is 9.33. The number of para-hydroxylation sites is 8. The Kier molecular flexibility index (Phi) is 12.8. The summed E-state index contributed by atoms with van der Waals surface area (Å²) in [7, 11) is 0. The van der Waals surface area contributed by atoms with E-state index in [1.165, 1.54) is 116 Å². The number of anilines is 12. The van der Waals surface area contributed by atoms with Gasteiger partial charge in [0.15, 0.2) is 0 Å². The molecule has 2 aromatic heterocycles. The average Bonchev–Trinajstić information content (AvgIpc) is 1.63. The first-order valence-corrected chi connectivity index (χ1v) is 33.7. The van der Waals surface area contributed by atoms with E-state index < -0.39 is 0 Å². The van der Waals surface area contributed by atoms with E-state index in [-0.39, 0.29) is 6.71 Å². The molecule has 7 heteroatoms. The topological polar surface area (TPSA) is 22.8 Å². The molecule has 0 aliphatic carbocycles. The average molecular weight is 1240 g/mol. The summed E-state index contributed by atoms with van der Waals surface area (Å²) in [6, 6.07) is 120. The number of hydrogen-bond donors (Lipinski definition) is 0. The predicted molar refractivity (Wildman–Crippen MR) is 412 cm³/mol. The van der Waals surface area contributed by atoms with Crippen molar-refractivity contribution in [2.24, 2.45) is 0 Å². The molecule has 0 N–H and O–H groups in total. The fourth-order valence-electron chi connectivity index (χ4n) is 16.4. The van der Waals surface area contributed by atoms with Crippen molar-refractivity contribution in [3.05, 3.63) is 344 Å². The number of hydrogen-bond acceptors (Lipinski definition) is 4. The molecule has 0 spiro atoms. The van der Waals surface area contributed by atoms with Crippen molar-refractivity contribution in [1.82, 2.24) is 9.13 Å². The van der Waals surface area contributed by atoms with Crippen molar-refractivity contribution in [2.45, 2.75) is 27.7 Å². The number of nitrogens with zero attached hydrogens (tertiary/aromatic N) is 6. The standard InChI is InChI=1S/C90H65BN6/c1-58-26-23-27-59(2)89(58)96-80-42-25-43-81-88(80)91(78-56-84-76(54-86(78)96)74-50-62-44-46-72(48-64(62)52-82(74)94(84)70-38-19-9-20-39-70)92(66-30-11-5-12-31-66)67-32-13-6-14-33-67)79-57-85-77(55-87(79)97(81)90-60(3)28-24-29-61(90)4)75-51-63-45-47-73(49-65(63)53-83(75)95(85)71-40-21-10-22-41-71)93(68-34-15-7-16-35-68)69-36-17-8-18-37-69/h5-57H,1-4H3. The van der Waals surface area contributed by atoms with Crippen molar-refractivity contribution in [2.75, 3.05) is 19.6 Å². The van der Waals surface area contributed by atoms with Gasteiger partial charge in [-0.1, -0.05) is 164 Å². The minimum atomic E-state index is -0.192. The highest BCUT2D eigenvalue weighted by molar-refractivity contribution is 7.00. The summed E-state index contributed by atoms with van der Waals surface area (Å²) in [6.07, 6.45) is 0. The highest BCUT2D eigenvalue weighted by Gasteiger charge is 2.45. The molecule has 4 heterocycles. The van der Waals surface area contributed by atoms with Gasteiger partial charge in [-0.05, 0) is 246 Å². The molecule has 2 aliphatic heterocycles. The van der Waals surface area contributed by atoms with Crippen molar-refractivity contribution in [1.29, 1.82) is 0 Å². The zero-order valence-electron chi connectivity index (χ0n) is 54.4. The summed E-state index contributed by atoms with van der Waals surface area (Å²) >= 11 is 0. The van der Waals surface area contributed by atoms with E-state index in [0.29, 0.717) is 0 Å². The number of rotatable bonds is 10. The van der Waals surface area contributed by atoms with Gasteiger partial charge in [-0.2, -0.15) is 0 Å². The van der Waals surface area contributed by atoms with Crippen LogP contribution in [0.3, 0.4) is 0 Å². The highest BCUT2D eigenvalue weighted by Crippen LogP contribution is 2.51. The summed E-state index contributed by atoms with van der Waals surface area (Å²) in [5.74, 6) is 0. The molecule has 2 aliphatic rings. The third-order valence-electron chi connectivity index (χ3n) is 20.6. The van der Waals surface area contributed by atoms with Crippen LogP contribution in [0.15, 0.2) is 322 Å². The van der Waals surface area contributed by atoms with Crippen molar-refractivity contribution in [3.8, 4) is 11.4 Å². The van der Waals surface area contributed by atoms with Gasteiger partial charge in [-0.15, -0.1) is 0 Å². The molecule has 6 nitrogen and oxygen atoms in total. The Morgan fingerprint density at radius 2 is 0.567 bits per heavy atom. The van der Waals surface area contributed by atoms with Crippen LogP contribution in [0.1, 0.15) is 22.3 Å². The van der Waals surface area contributed by atoms with Gasteiger partial charge in [0.2, 0.25) is 0 Å². The zero-order chi connectivity index (χ0) is 64.6. The lowest BCUT2D eigenvalue weighted by Gasteiger charge is -2.45. The molecule has 0 amide bonds. The van der Waals surface area contributed by atoms with E-state index >= 15 is 0 Å². The van der Waals surface area contributed by atoms with Gasteiger partial charge in [0.05, 0.1) is 33.4 Å². The summed E-state index contributed by atoms with van der Waals surface area (Å²) in [5, 5.41) is 9.52. The molecule has 0 atom stereocenters. The summed E-state index contributed by atoms with van der Waals surface area (Å²) in [6.45, 7) is 8.94. The number of aryl methyl sites for hydroxylation is 4. The van der Waals surface area contributed by atoms with Crippen molar-refractivity contribution >= 4 is 157 Å². The predicted octanol–water partition coefficient (Wildman–Crippen LogP) is 22.4. The number of benzene rings is 15. The zero-order valence-corrected chi connectivity index (χ0v) is 54.4. The van der Waals surface area contributed by atoms with Crippen LogP contribution in [-0.2, 0) is 0 Å². The lowest BCUT2D eigenvalue weighted by molar-refractivity contribution is 1.18. The fraction of sp³-hybridized carbons (Fsp3) is 0.0444. The largest absolute Gasteiger partial charge is 0.311 e. The van der Waals surface area contributed by atoms with Crippen LogP contribution in [0.2, 0.25) is 0 Å². The molecule has 0 saturated heterocycles. The molecule has 0 bridgehead atoms. The van der Waals surface area contributed by atoms with Crippen LogP contribution in [0.5, 0.6) is 0 Å². The first kappa shape index (κ1) is 56.2. The van der Waals surface area contributed by atoms with Gasteiger partial charge in [0.25, 0.3) is 6.71 Å². The normalized spacial score (nSPS) is 12.5. The Bertz CT molecular complexity index is 5520. The maximum absolute atomic E-state index is 2.62. The molecule has 19 rings (SSSR count). The summed E-state index contributed by atoms with van der Waals surface area (Å²) in [5.41, 5.74) is 29.3. The molecule has 0 fully saturated rings.